The Bertz CT molecular complexity index is 842. The van der Waals surface area contributed by atoms with Crippen molar-refractivity contribution < 1.29 is 4.74 Å². The fourth-order valence-corrected chi connectivity index (χ4v) is 3.08. The molecular weight excluding hydrogens is 342 g/mol. The van der Waals surface area contributed by atoms with Crippen LogP contribution in [0.4, 0.5) is 5.13 Å². The molecule has 24 heavy (non-hydrogen) atoms. The summed E-state index contributed by atoms with van der Waals surface area (Å²) in [5.74, 6) is 0.822. The first-order chi connectivity index (χ1) is 11.7. The molecule has 3 aromatic rings. The van der Waals surface area contributed by atoms with Gasteiger partial charge in [0, 0.05) is 15.5 Å². The molecule has 0 aliphatic carbocycles. The minimum atomic E-state index is 0.717. The molecule has 0 spiro atoms. The van der Waals surface area contributed by atoms with Gasteiger partial charge in [-0.25, -0.2) is 4.98 Å². The van der Waals surface area contributed by atoms with Gasteiger partial charge in [0.1, 0.15) is 5.75 Å². The minimum absolute atomic E-state index is 0.717. The second-order valence-electron chi connectivity index (χ2n) is 5.07. The SMILES string of the molecule is COc1ccc(/C=N/Nc2nc(-c3ccc(Cl)cc3)c(C)s2)cc1. The molecule has 4 nitrogen and oxygen atoms in total. The molecule has 0 amide bonds. The lowest BCUT2D eigenvalue weighted by molar-refractivity contribution is 0.415. The van der Waals surface area contributed by atoms with Crippen LogP contribution in [0.2, 0.25) is 5.02 Å². The van der Waals surface area contributed by atoms with Crippen LogP contribution in [0, 0.1) is 6.92 Å². The summed E-state index contributed by atoms with van der Waals surface area (Å²) in [7, 11) is 1.65. The first-order valence-corrected chi connectivity index (χ1v) is 8.51. The van der Waals surface area contributed by atoms with Gasteiger partial charge in [-0.2, -0.15) is 5.10 Å². The van der Waals surface area contributed by atoms with E-state index in [1.54, 1.807) is 24.7 Å². The molecule has 1 N–H and O–H groups in total. The van der Waals surface area contributed by atoms with Crippen molar-refractivity contribution in [1.29, 1.82) is 0 Å². The monoisotopic (exact) mass is 357 g/mol. The third kappa shape index (κ3) is 3.93. The van der Waals surface area contributed by atoms with Crippen molar-refractivity contribution in [3.05, 3.63) is 64.0 Å². The van der Waals surface area contributed by atoms with Crippen LogP contribution < -0.4 is 10.2 Å². The van der Waals surface area contributed by atoms with Gasteiger partial charge >= 0.3 is 0 Å². The Labute approximate surface area is 149 Å². The summed E-state index contributed by atoms with van der Waals surface area (Å²) >= 11 is 7.50. The molecule has 0 unspecified atom stereocenters. The van der Waals surface area contributed by atoms with E-state index in [1.165, 1.54) is 0 Å². The Balaban J connectivity index is 1.70. The zero-order valence-electron chi connectivity index (χ0n) is 13.3. The Morgan fingerprint density at radius 2 is 1.83 bits per heavy atom. The molecule has 0 atom stereocenters. The summed E-state index contributed by atoms with van der Waals surface area (Å²) in [5, 5.41) is 5.71. The molecule has 0 aliphatic heterocycles. The van der Waals surface area contributed by atoms with Crippen molar-refractivity contribution in [3.63, 3.8) is 0 Å². The smallest absolute Gasteiger partial charge is 0.204 e. The molecular formula is C18H16ClN3OS. The Hall–Kier alpha value is -2.37. The molecule has 0 saturated carbocycles. The van der Waals surface area contributed by atoms with Gasteiger partial charge in [-0.1, -0.05) is 23.7 Å². The van der Waals surface area contributed by atoms with Gasteiger partial charge in [0.2, 0.25) is 5.13 Å². The van der Waals surface area contributed by atoms with E-state index in [0.717, 1.165) is 32.6 Å². The maximum Gasteiger partial charge on any atom is 0.204 e. The fraction of sp³-hybridized carbons (Fsp3) is 0.111. The summed E-state index contributed by atoms with van der Waals surface area (Å²) in [6, 6.07) is 15.3. The predicted octanol–water partition coefficient (Wildman–Crippen LogP) is 5.23. The summed E-state index contributed by atoms with van der Waals surface area (Å²) in [5.41, 5.74) is 5.95. The number of rotatable bonds is 5. The molecule has 122 valence electrons. The van der Waals surface area contributed by atoms with Crippen molar-refractivity contribution >= 4 is 34.3 Å². The maximum atomic E-state index is 5.93. The van der Waals surface area contributed by atoms with Gasteiger partial charge in [-0.3, -0.25) is 5.43 Å². The second kappa shape index (κ2) is 7.47. The number of anilines is 1. The van der Waals surface area contributed by atoms with Crippen LogP contribution in [0.15, 0.2) is 53.6 Å². The fourth-order valence-electron chi connectivity index (χ4n) is 2.17. The lowest BCUT2D eigenvalue weighted by Gasteiger charge is -1.99. The molecule has 0 radical (unpaired) electrons. The van der Waals surface area contributed by atoms with E-state index in [2.05, 4.69) is 15.5 Å². The number of nitrogens with one attached hydrogen (secondary N) is 1. The lowest BCUT2D eigenvalue weighted by atomic mass is 10.1. The van der Waals surface area contributed by atoms with E-state index >= 15 is 0 Å². The Morgan fingerprint density at radius 3 is 2.50 bits per heavy atom. The number of aryl methyl sites for hydroxylation is 1. The van der Waals surface area contributed by atoms with Crippen molar-refractivity contribution in [1.82, 2.24) is 4.98 Å². The van der Waals surface area contributed by atoms with Crippen molar-refractivity contribution in [3.8, 4) is 17.0 Å². The number of benzene rings is 2. The predicted molar refractivity (Wildman–Crippen MR) is 102 cm³/mol. The second-order valence-corrected chi connectivity index (χ2v) is 6.71. The van der Waals surface area contributed by atoms with Crippen LogP contribution in [-0.2, 0) is 0 Å². The highest BCUT2D eigenvalue weighted by Crippen LogP contribution is 2.30. The topological polar surface area (TPSA) is 46.5 Å². The zero-order chi connectivity index (χ0) is 16.9. The first-order valence-electron chi connectivity index (χ1n) is 7.32. The molecule has 0 fully saturated rings. The minimum Gasteiger partial charge on any atom is -0.497 e. The average Bonchev–Trinajstić information content (AvgIpc) is 2.97. The number of nitrogens with zero attached hydrogens (tertiary/aromatic N) is 2. The van der Waals surface area contributed by atoms with Crippen LogP contribution >= 0.6 is 22.9 Å². The summed E-state index contributed by atoms with van der Waals surface area (Å²) < 4.78 is 5.13. The summed E-state index contributed by atoms with van der Waals surface area (Å²) in [4.78, 5) is 5.72. The lowest BCUT2D eigenvalue weighted by Crippen LogP contribution is -1.90. The molecule has 3 rings (SSSR count). The molecule has 6 heteroatoms. The number of hydrogen-bond acceptors (Lipinski definition) is 5. The highest BCUT2D eigenvalue weighted by molar-refractivity contribution is 7.15. The maximum absolute atomic E-state index is 5.93. The normalized spacial score (nSPS) is 11.0. The van der Waals surface area contributed by atoms with Crippen molar-refractivity contribution in [2.75, 3.05) is 12.5 Å². The molecule has 1 heterocycles. The highest BCUT2D eigenvalue weighted by Gasteiger charge is 2.09. The van der Waals surface area contributed by atoms with Crippen LogP contribution in [0.25, 0.3) is 11.3 Å². The van der Waals surface area contributed by atoms with E-state index in [0.29, 0.717) is 5.02 Å². The van der Waals surface area contributed by atoms with Gasteiger partial charge in [0.05, 0.1) is 19.0 Å². The number of ether oxygens (including phenoxy) is 1. The zero-order valence-corrected chi connectivity index (χ0v) is 14.9. The molecule has 0 bridgehead atoms. The number of thiazole rings is 1. The van der Waals surface area contributed by atoms with Gasteiger partial charge in [0.15, 0.2) is 0 Å². The standard InChI is InChI=1S/C18H16ClN3OS/c1-12-17(14-5-7-15(19)8-6-14)21-18(24-12)22-20-11-13-3-9-16(23-2)10-4-13/h3-11H,1-2H3,(H,21,22)/b20-11+. The highest BCUT2D eigenvalue weighted by atomic mass is 35.5. The van der Waals surface area contributed by atoms with Crippen LogP contribution in [0.5, 0.6) is 5.75 Å². The number of hydrazone groups is 1. The van der Waals surface area contributed by atoms with E-state index in [4.69, 9.17) is 16.3 Å². The van der Waals surface area contributed by atoms with Crippen molar-refractivity contribution in [2.24, 2.45) is 5.10 Å². The van der Waals surface area contributed by atoms with Gasteiger partial charge < -0.3 is 4.74 Å². The number of methoxy groups -OCH3 is 1. The van der Waals surface area contributed by atoms with Gasteiger partial charge in [-0.05, 0) is 48.9 Å². The molecule has 0 saturated heterocycles. The Morgan fingerprint density at radius 1 is 1.12 bits per heavy atom. The average molecular weight is 358 g/mol. The molecule has 2 aromatic carbocycles. The quantitative estimate of drug-likeness (QED) is 0.502. The van der Waals surface area contributed by atoms with Crippen molar-refractivity contribution in [2.45, 2.75) is 6.92 Å². The third-order valence-electron chi connectivity index (χ3n) is 3.40. The summed E-state index contributed by atoms with van der Waals surface area (Å²) in [6.45, 7) is 2.04. The molecule has 0 aliphatic rings. The van der Waals surface area contributed by atoms with Gasteiger partial charge in [0.25, 0.3) is 0 Å². The van der Waals surface area contributed by atoms with Crippen LogP contribution in [0.1, 0.15) is 10.4 Å². The van der Waals surface area contributed by atoms with Crippen LogP contribution in [0.3, 0.4) is 0 Å². The number of aromatic nitrogens is 1. The largest absolute Gasteiger partial charge is 0.497 e. The first kappa shape index (κ1) is 16.5. The van der Waals surface area contributed by atoms with E-state index in [9.17, 15) is 0 Å². The van der Waals surface area contributed by atoms with Gasteiger partial charge in [-0.15, -0.1) is 11.3 Å². The third-order valence-corrected chi connectivity index (χ3v) is 4.53. The van der Waals surface area contributed by atoms with E-state index in [-0.39, 0.29) is 0 Å². The number of halogens is 1. The van der Waals surface area contributed by atoms with Crippen LogP contribution in [-0.4, -0.2) is 18.3 Å². The van der Waals surface area contributed by atoms with E-state index < -0.39 is 0 Å². The molecule has 1 aromatic heterocycles. The summed E-state index contributed by atoms with van der Waals surface area (Å²) in [6.07, 6.45) is 1.75. The van der Waals surface area contributed by atoms with E-state index in [1.807, 2.05) is 55.5 Å². The number of hydrogen-bond donors (Lipinski definition) is 1. The Kier molecular flexibility index (Phi) is 5.13.